The fourth-order valence-corrected chi connectivity index (χ4v) is 3.74. The molecule has 3 N–H and O–H groups in total. The molecule has 3 heterocycles. The van der Waals surface area contributed by atoms with Crippen molar-refractivity contribution in [1.29, 1.82) is 0 Å². The average Bonchev–Trinajstić information content (AvgIpc) is 3.15. The molecule has 0 radical (unpaired) electrons. The summed E-state index contributed by atoms with van der Waals surface area (Å²) in [7, 11) is 0. The third kappa shape index (κ3) is 4.84. The van der Waals surface area contributed by atoms with Crippen LogP contribution < -0.4 is 10.6 Å². The van der Waals surface area contributed by atoms with Crippen LogP contribution in [0.25, 0.3) is 16.9 Å². The number of phenols is 1. The van der Waals surface area contributed by atoms with E-state index in [9.17, 15) is 9.90 Å². The molecule has 174 valence electrons. The largest absolute Gasteiger partial charge is 0.507 e. The first-order valence-corrected chi connectivity index (χ1v) is 10.8. The van der Waals surface area contributed by atoms with Gasteiger partial charge in [-0.3, -0.25) is 0 Å². The molecule has 10 heteroatoms. The van der Waals surface area contributed by atoms with E-state index in [1.165, 1.54) is 0 Å². The third-order valence-corrected chi connectivity index (χ3v) is 5.37. The summed E-state index contributed by atoms with van der Waals surface area (Å²) in [6.07, 6.45) is 1.61. The maximum absolute atomic E-state index is 12.3. The predicted octanol–water partition coefficient (Wildman–Crippen LogP) is 2.98. The minimum absolute atomic E-state index is 0.114. The highest BCUT2D eigenvalue weighted by Gasteiger charge is 2.27. The van der Waals surface area contributed by atoms with Gasteiger partial charge in [0.15, 0.2) is 5.82 Å². The van der Waals surface area contributed by atoms with Gasteiger partial charge in [-0.15, -0.1) is 10.2 Å². The van der Waals surface area contributed by atoms with Crippen LogP contribution in [-0.4, -0.2) is 67.9 Å². The van der Waals surface area contributed by atoms with Gasteiger partial charge in [0.25, 0.3) is 0 Å². The maximum Gasteiger partial charge on any atom is 0.410 e. The van der Waals surface area contributed by atoms with Gasteiger partial charge in [-0.2, -0.15) is 5.10 Å². The van der Waals surface area contributed by atoms with Gasteiger partial charge in [0, 0.05) is 31.7 Å². The van der Waals surface area contributed by atoms with Gasteiger partial charge in [-0.05, 0) is 45.9 Å². The van der Waals surface area contributed by atoms with E-state index in [0.29, 0.717) is 43.1 Å². The number of aromatic nitrogens is 4. The van der Waals surface area contributed by atoms with E-state index < -0.39 is 5.60 Å². The van der Waals surface area contributed by atoms with E-state index in [4.69, 9.17) is 10.5 Å². The Hall–Kier alpha value is -3.82. The topological polar surface area (TPSA) is 123 Å². The number of piperazine rings is 1. The Kier molecular flexibility index (Phi) is 5.84. The zero-order chi connectivity index (χ0) is 23.8. The van der Waals surface area contributed by atoms with Gasteiger partial charge in [-0.1, -0.05) is 12.1 Å². The summed E-state index contributed by atoms with van der Waals surface area (Å²) in [6.45, 7) is 9.99. The lowest BCUT2D eigenvalue weighted by Crippen LogP contribution is -2.50. The van der Waals surface area contributed by atoms with E-state index >= 15 is 0 Å². The molecule has 0 saturated carbocycles. The lowest BCUT2D eigenvalue weighted by Gasteiger charge is -2.36. The monoisotopic (exact) mass is 451 g/mol. The minimum Gasteiger partial charge on any atom is -0.507 e. The number of aromatic hydroxyl groups is 1. The third-order valence-electron chi connectivity index (χ3n) is 5.37. The van der Waals surface area contributed by atoms with Crippen LogP contribution in [0.15, 0.2) is 36.5 Å². The van der Waals surface area contributed by atoms with Gasteiger partial charge in [0.1, 0.15) is 17.0 Å². The summed E-state index contributed by atoms with van der Waals surface area (Å²) < 4.78 is 7.16. The summed E-state index contributed by atoms with van der Waals surface area (Å²) >= 11 is 0. The molecular weight excluding hydrogens is 422 g/mol. The number of ether oxygens (including phenoxy) is 1. The number of aryl methyl sites for hydroxylation is 1. The Labute approximate surface area is 192 Å². The molecule has 1 amide bonds. The number of hydrogen-bond acceptors (Lipinski definition) is 8. The average molecular weight is 452 g/mol. The van der Waals surface area contributed by atoms with Crippen molar-refractivity contribution in [1.82, 2.24) is 24.9 Å². The number of rotatable bonds is 3. The maximum atomic E-state index is 12.3. The molecule has 1 aliphatic heterocycles. The molecule has 1 saturated heterocycles. The molecule has 0 aliphatic carbocycles. The van der Waals surface area contributed by atoms with Crippen LogP contribution in [0.3, 0.4) is 0 Å². The Bertz CT molecular complexity index is 1160. The molecule has 0 unspecified atom stereocenters. The number of nitrogens with zero attached hydrogens (tertiary/aromatic N) is 6. The van der Waals surface area contributed by atoms with Crippen LogP contribution in [0.2, 0.25) is 0 Å². The molecule has 3 aromatic rings. The van der Waals surface area contributed by atoms with Gasteiger partial charge in [-0.25, -0.2) is 9.48 Å². The number of para-hydroxylation sites is 1. The van der Waals surface area contributed by atoms with Crippen LogP contribution in [0.5, 0.6) is 5.75 Å². The number of amides is 1. The molecule has 1 fully saturated rings. The predicted molar refractivity (Wildman–Crippen MR) is 125 cm³/mol. The molecule has 2 aromatic heterocycles. The molecule has 1 aliphatic rings. The molecule has 10 nitrogen and oxygen atoms in total. The summed E-state index contributed by atoms with van der Waals surface area (Å²) in [6, 6.07) is 8.69. The van der Waals surface area contributed by atoms with Crippen LogP contribution >= 0.6 is 0 Å². The number of phenolic OH excluding ortho intramolecular Hbond substituents is 1. The van der Waals surface area contributed by atoms with E-state index in [-0.39, 0.29) is 17.7 Å². The first kappa shape index (κ1) is 22.4. The standard InChI is InChI=1S/C23H29N7O3/c1-15-19(28-9-11-29(12-10-28)22(32)33-23(2,3)4)14-30(27-15)18-13-17(25-26-21(18)24)16-7-5-6-8-20(16)31/h5-8,13-14,31H,9-12H2,1-4H3,(H2,24,26). The fourth-order valence-electron chi connectivity index (χ4n) is 3.74. The fraction of sp³-hybridized carbons (Fsp3) is 0.391. The van der Waals surface area contributed by atoms with Crippen molar-refractivity contribution in [2.75, 3.05) is 36.8 Å². The molecule has 4 rings (SSSR count). The Morgan fingerprint density at radius 1 is 1.09 bits per heavy atom. The first-order valence-electron chi connectivity index (χ1n) is 10.8. The highest BCUT2D eigenvalue weighted by molar-refractivity contribution is 5.71. The SMILES string of the molecule is Cc1nn(-c2cc(-c3ccccc3O)nnc2N)cc1N1CCN(C(=O)OC(C)(C)C)CC1. The molecule has 0 spiro atoms. The second-order valence-corrected chi connectivity index (χ2v) is 9.02. The minimum atomic E-state index is -0.514. The van der Waals surface area contributed by atoms with Crippen molar-refractivity contribution in [2.24, 2.45) is 0 Å². The second kappa shape index (κ2) is 8.61. The van der Waals surface area contributed by atoms with Crippen LogP contribution in [0.4, 0.5) is 16.3 Å². The molecule has 33 heavy (non-hydrogen) atoms. The number of hydrogen-bond donors (Lipinski definition) is 2. The second-order valence-electron chi connectivity index (χ2n) is 9.02. The van der Waals surface area contributed by atoms with Crippen LogP contribution in [0, 0.1) is 6.92 Å². The smallest absolute Gasteiger partial charge is 0.410 e. The van der Waals surface area contributed by atoms with Crippen LogP contribution in [-0.2, 0) is 4.74 Å². The van der Waals surface area contributed by atoms with E-state index in [1.54, 1.807) is 33.8 Å². The number of nitrogen functional groups attached to an aromatic ring is 1. The lowest BCUT2D eigenvalue weighted by atomic mass is 10.1. The van der Waals surface area contributed by atoms with Crippen molar-refractivity contribution in [2.45, 2.75) is 33.3 Å². The Balaban J connectivity index is 1.54. The first-order chi connectivity index (χ1) is 15.6. The number of benzene rings is 1. The summed E-state index contributed by atoms with van der Waals surface area (Å²) in [4.78, 5) is 16.3. The molecular formula is C23H29N7O3. The summed E-state index contributed by atoms with van der Waals surface area (Å²) in [5, 5.41) is 23.0. The summed E-state index contributed by atoms with van der Waals surface area (Å²) in [5.41, 5.74) is 9.02. The quantitative estimate of drug-likeness (QED) is 0.623. The van der Waals surface area contributed by atoms with Gasteiger partial charge in [0.05, 0.1) is 23.3 Å². The molecule has 0 bridgehead atoms. The Morgan fingerprint density at radius 3 is 2.45 bits per heavy atom. The highest BCUT2D eigenvalue weighted by atomic mass is 16.6. The normalized spacial score (nSPS) is 14.4. The van der Waals surface area contributed by atoms with Crippen molar-refractivity contribution in [3.05, 3.63) is 42.2 Å². The number of carbonyl (C=O) groups is 1. The van der Waals surface area contributed by atoms with E-state index in [0.717, 1.165) is 11.4 Å². The van der Waals surface area contributed by atoms with Crippen molar-refractivity contribution >= 4 is 17.6 Å². The number of carbonyl (C=O) groups excluding carboxylic acids is 1. The van der Waals surface area contributed by atoms with Crippen molar-refractivity contribution < 1.29 is 14.6 Å². The lowest BCUT2D eigenvalue weighted by molar-refractivity contribution is 0.0240. The van der Waals surface area contributed by atoms with Gasteiger partial charge in [0.2, 0.25) is 0 Å². The van der Waals surface area contributed by atoms with Gasteiger partial charge >= 0.3 is 6.09 Å². The van der Waals surface area contributed by atoms with Crippen molar-refractivity contribution in [3.63, 3.8) is 0 Å². The molecule has 0 atom stereocenters. The van der Waals surface area contributed by atoms with Gasteiger partial charge < -0.3 is 25.4 Å². The molecule has 1 aromatic carbocycles. The van der Waals surface area contributed by atoms with E-state index in [1.807, 2.05) is 40.0 Å². The number of anilines is 2. The Morgan fingerprint density at radius 2 is 1.79 bits per heavy atom. The zero-order valence-electron chi connectivity index (χ0n) is 19.3. The zero-order valence-corrected chi connectivity index (χ0v) is 19.3. The van der Waals surface area contributed by atoms with Crippen LogP contribution in [0.1, 0.15) is 26.5 Å². The van der Waals surface area contributed by atoms with Crippen molar-refractivity contribution in [3.8, 4) is 22.7 Å². The highest BCUT2D eigenvalue weighted by Crippen LogP contribution is 2.30. The summed E-state index contributed by atoms with van der Waals surface area (Å²) in [5.74, 6) is 0.348. The van der Waals surface area contributed by atoms with E-state index in [2.05, 4.69) is 20.2 Å². The number of nitrogens with two attached hydrogens (primary N) is 1.